The van der Waals surface area contributed by atoms with Crippen molar-refractivity contribution in [3.05, 3.63) is 39.9 Å². The lowest BCUT2D eigenvalue weighted by atomic mass is 10.1. The zero-order valence-corrected chi connectivity index (χ0v) is 12.3. The van der Waals surface area contributed by atoms with Gasteiger partial charge in [-0.15, -0.1) is 0 Å². The number of nitro groups is 1. The second-order valence-electron chi connectivity index (χ2n) is 4.89. The van der Waals surface area contributed by atoms with Gasteiger partial charge in [-0.2, -0.15) is 0 Å². The smallest absolute Gasteiger partial charge is 0.317 e. The van der Waals surface area contributed by atoms with Gasteiger partial charge in [0.2, 0.25) is 0 Å². The van der Waals surface area contributed by atoms with Gasteiger partial charge in [0.25, 0.3) is 11.6 Å². The van der Waals surface area contributed by atoms with Crippen molar-refractivity contribution in [3.8, 4) is 0 Å². The van der Waals surface area contributed by atoms with E-state index in [1.807, 2.05) is 6.92 Å². The van der Waals surface area contributed by atoms with E-state index in [0.29, 0.717) is 32.7 Å². The van der Waals surface area contributed by atoms with Crippen LogP contribution in [0.25, 0.3) is 0 Å². The summed E-state index contributed by atoms with van der Waals surface area (Å²) in [7, 11) is 0. The number of carbonyl (C=O) groups is 2. The summed E-state index contributed by atoms with van der Waals surface area (Å²) in [5.41, 5.74) is -0.113. The maximum atomic E-state index is 12.4. The molecule has 1 aliphatic heterocycles. The SMILES string of the molecule is CCNC(=O)N1CCN(C(=O)c2ccccc2[N+](=O)[O-])CC1. The van der Waals surface area contributed by atoms with E-state index < -0.39 is 4.92 Å². The lowest BCUT2D eigenvalue weighted by Crippen LogP contribution is -2.53. The van der Waals surface area contributed by atoms with Gasteiger partial charge >= 0.3 is 6.03 Å². The van der Waals surface area contributed by atoms with Gasteiger partial charge < -0.3 is 15.1 Å². The summed E-state index contributed by atoms with van der Waals surface area (Å²) in [6.45, 7) is 3.95. The molecule has 0 bridgehead atoms. The first kappa shape index (κ1) is 15.7. The topological polar surface area (TPSA) is 95.8 Å². The third-order valence-corrected chi connectivity index (χ3v) is 3.51. The monoisotopic (exact) mass is 306 g/mol. The van der Waals surface area contributed by atoms with Crippen LogP contribution in [0.5, 0.6) is 0 Å². The lowest BCUT2D eigenvalue weighted by Gasteiger charge is -2.34. The summed E-state index contributed by atoms with van der Waals surface area (Å²) in [6.07, 6.45) is 0. The van der Waals surface area contributed by atoms with Crippen molar-refractivity contribution < 1.29 is 14.5 Å². The number of rotatable bonds is 3. The zero-order chi connectivity index (χ0) is 16.1. The van der Waals surface area contributed by atoms with Crippen LogP contribution in [0.3, 0.4) is 0 Å². The molecule has 22 heavy (non-hydrogen) atoms. The molecule has 0 spiro atoms. The van der Waals surface area contributed by atoms with Crippen LogP contribution in [0.4, 0.5) is 10.5 Å². The summed E-state index contributed by atoms with van der Waals surface area (Å²) in [6, 6.07) is 5.75. The number of nitro benzene ring substituents is 1. The zero-order valence-electron chi connectivity index (χ0n) is 12.3. The van der Waals surface area contributed by atoms with Crippen molar-refractivity contribution >= 4 is 17.6 Å². The van der Waals surface area contributed by atoms with Crippen LogP contribution < -0.4 is 5.32 Å². The molecule has 3 amide bonds. The van der Waals surface area contributed by atoms with Gasteiger partial charge in [-0.3, -0.25) is 14.9 Å². The van der Waals surface area contributed by atoms with Crippen LogP contribution in [0.15, 0.2) is 24.3 Å². The van der Waals surface area contributed by atoms with Crippen molar-refractivity contribution in [1.29, 1.82) is 0 Å². The van der Waals surface area contributed by atoms with Crippen LogP contribution in [0.2, 0.25) is 0 Å². The molecule has 0 radical (unpaired) electrons. The third-order valence-electron chi connectivity index (χ3n) is 3.51. The Balaban J connectivity index is 2.04. The van der Waals surface area contributed by atoms with Gasteiger partial charge in [0.15, 0.2) is 0 Å². The summed E-state index contributed by atoms with van der Waals surface area (Å²) >= 11 is 0. The molecule has 1 saturated heterocycles. The molecule has 0 atom stereocenters. The van der Waals surface area contributed by atoms with Gasteiger partial charge in [0, 0.05) is 38.8 Å². The fraction of sp³-hybridized carbons (Fsp3) is 0.429. The summed E-state index contributed by atoms with van der Waals surface area (Å²) in [4.78, 5) is 37.7. The number of benzene rings is 1. The maximum absolute atomic E-state index is 12.4. The van der Waals surface area contributed by atoms with E-state index in [0.717, 1.165) is 0 Å². The van der Waals surface area contributed by atoms with E-state index in [-0.39, 0.29) is 23.2 Å². The Morgan fingerprint density at radius 3 is 2.36 bits per heavy atom. The number of piperazine rings is 1. The Morgan fingerprint density at radius 2 is 1.77 bits per heavy atom. The first-order valence-electron chi connectivity index (χ1n) is 7.10. The predicted molar refractivity (Wildman–Crippen MR) is 79.6 cm³/mol. The molecule has 8 heteroatoms. The highest BCUT2D eigenvalue weighted by atomic mass is 16.6. The summed E-state index contributed by atoms with van der Waals surface area (Å²) in [5, 5.41) is 13.7. The Morgan fingerprint density at radius 1 is 1.18 bits per heavy atom. The van der Waals surface area contributed by atoms with Crippen molar-refractivity contribution in [2.75, 3.05) is 32.7 Å². The molecule has 1 aromatic carbocycles. The van der Waals surface area contributed by atoms with E-state index in [1.165, 1.54) is 23.1 Å². The number of amides is 3. The van der Waals surface area contributed by atoms with E-state index in [9.17, 15) is 19.7 Å². The average Bonchev–Trinajstić information content (AvgIpc) is 2.54. The molecule has 0 saturated carbocycles. The Bertz CT molecular complexity index is 582. The van der Waals surface area contributed by atoms with Crippen LogP contribution >= 0.6 is 0 Å². The summed E-state index contributed by atoms with van der Waals surface area (Å²) < 4.78 is 0. The molecule has 8 nitrogen and oxygen atoms in total. The van der Waals surface area contributed by atoms with Crippen molar-refractivity contribution in [1.82, 2.24) is 15.1 Å². The van der Waals surface area contributed by atoms with Crippen LogP contribution in [-0.2, 0) is 0 Å². The number of carbonyl (C=O) groups excluding carboxylic acids is 2. The highest BCUT2D eigenvalue weighted by molar-refractivity contribution is 5.98. The normalized spacial score (nSPS) is 14.6. The maximum Gasteiger partial charge on any atom is 0.317 e. The van der Waals surface area contributed by atoms with Crippen molar-refractivity contribution in [3.63, 3.8) is 0 Å². The highest BCUT2D eigenvalue weighted by Crippen LogP contribution is 2.20. The minimum Gasteiger partial charge on any atom is -0.338 e. The van der Waals surface area contributed by atoms with E-state index >= 15 is 0 Å². The molecule has 1 heterocycles. The molecule has 1 aliphatic rings. The number of hydrogen-bond donors (Lipinski definition) is 1. The Hall–Kier alpha value is -2.64. The molecule has 1 aromatic rings. The second-order valence-corrected chi connectivity index (χ2v) is 4.89. The molecule has 1 N–H and O–H groups in total. The van der Waals surface area contributed by atoms with E-state index in [2.05, 4.69) is 5.32 Å². The van der Waals surface area contributed by atoms with Gasteiger partial charge in [-0.05, 0) is 13.0 Å². The largest absolute Gasteiger partial charge is 0.338 e. The highest BCUT2D eigenvalue weighted by Gasteiger charge is 2.28. The van der Waals surface area contributed by atoms with Crippen LogP contribution in [0.1, 0.15) is 17.3 Å². The molecule has 1 fully saturated rings. The number of urea groups is 1. The third kappa shape index (κ3) is 3.33. The van der Waals surface area contributed by atoms with E-state index in [4.69, 9.17) is 0 Å². The molecule has 0 aliphatic carbocycles. The van der Waals surface area contributed by atoms with Crippen molar-refractivity contribution in [2.24, 2.45) is 0 Å². The Kier molecular flexibility index (Phi) is 4.92. The van der Waals surface area contributed by atoms with Crippen LogP contribution in [-0.4, -0.2) is 59.4 Å². The molecular formula is C14H18N4O4. The number of nitrogens with zero attached hydrogens (tertiary/aromatic N) is 3. The van der Waals surface area contributed by atoms with Gasteiger partial charge in [-0.1, -0.05) is 12.1 Å². The molecule has 118 valence electrons. The standard InChI is InChI=1S/C14H18N4O4/c1-2-15-14(20)17-9-7-16(8-10-17)13(19)11-5-3-4-6-12(11)18(21)22/h3-6H,2,7-10H2,1H3,(H,15,20). The minimum atomic E-state index is -0.557. The first-order chi connectivity index (χ1) is 10.5. The Labute approximate surface area is 127 Å². The fourth-order valence-electron chi connectivity index (χ4n) is 2.36. The van der Waals surface area contributed by atoms with Crippen molar-refractivity contribution in [2.45, 2.75) is 6.92 Å². The lowest BCUT2D eigenvalue weighted by molar-refractivity contribution is -0.385. The molecular weight excluding hydrogens is 288 g/mol. The van der Waals surface area contributed by atoms with Gasteiger partial charge in [0.1, 0.15) is 5.56 Å². The predicted octanol–water partition coefficient (Wildman–Crippen LogP) is 1.08. The van der Waals surface area contributed by atoms with Gasteiger partial charge in [-0.25, -0.2) is 4.79 Å². The molecule has 0 aromatic heterocycles. The molecule has 2 rings (SSSR count). The minimum absolute atomic E-state index is 0.0824. The van der Waals surface area contributed by atoms with Crippen LogP contribution in [0, 0.1) is 10.1 Å². The number of hydrogen-bond acceptors (Lipinski definition) is 4. The number of para-hydroxylation sites is 1. The van der Waals surface area contributed by atoms with Gasteiger partial charge in [0.05, 0.1) is 4.92 Å². The summed E-state index contributed by atoms with van der Waals surface area (Å²) in [5.74, 6) is -0.372. The number of nitrogens with one attached hydrogen (secondary N) is 1. The fourth-order valence-corrected chi connectivity index (χ4v) is 2.36. The first-order valence-corrected chi connectivity index (χ1v) is 7.10. The average molecular weight is 306 g/mol. The molecule has 0 unspecified atom stereocenters. The second kappa shape index (κ2) is 6.88. The quantitative estimate of drug-likeness (QED) is 0.667. The van der Waals surface area contributed by atoms with E-state index in [1.54, 1.807) is 11.0 Å².